The molecule has 0 saturated heterocycles. The van der Waals surface area contributed by atoms with Crippen LogP contribution in [-0.4, -0.2) is 27.3 Å². The Hall–Kier alpha value is -3.52. The molecule has 0 unspecified atom stereocenters. The first-order valence-electron chi connectivity index (χ1n) is 10.2. The van der Waals surface area contributed by atoms with E-state index in [-0.39, 0.29) is 5.82 Å². The molecular weight excluding hydrogens is 451 g/mol. The second-order valence-electron chi connectivity index (χ2n) is 7.88. The molecule has 168 valence electrons. The number of rotatable bonds is 4. The standard InChI is InChI=1S/C24H19ClF3N5/c1-32-14-30-20-8-7-18(10-21(20)32)33-11-16-4-9-22(29-13-24(26,27)28)31-23(16)19(12-33)15-2-5-17(25)6-3-15/h2-10,12,14H,11,13H2,1H3,(H,29,31). The third-order valence-electron chi connectivity index (χ3n) is 5.53. The molecule has 0 fully saturated rings. The molecule has 0 radical (unpaired) electrons. The van der Waals surface area contributed by atoms with Gasteiger partial charge in [0.05, 0.1) is 23.1 Å². The number of fused-ring (bicyclic) bond motifs is 2. The molecule has 5 rings (SSSR count). The van der Waals surface area contributed by atoms with Gasteiger partial charge in [0, 0.05) is 36.1 Å². The molecule has 0 bridgehead atoms. The maximum Gasteiger partial charge on any atom is 0.405 e. The Morgan fingerprint density at radius 3 is 2.61 bits per heavy atom. The lowest BCUT2D eigenvalue weighted by Gasteiger charge is -2.29. The highest BCUT2D eigenvalue weighted by Gasteiger charge is 2.27. The van der Waals surface area contributed by atoms with Gasteiger partial charge in [-0.05, 0) is 47.5 Å². The Morgan fingerprint density at radius 1 is 1.06 bits per heavy atom. The largest absolute Gasteiger partial charge is 0.405 e. The van der Waals surface area contributed by atoms with Crippen LogP contribution in [0.2, 0.25) is 5.02 Å². The molecule has 4 aromatic rings. The number of pyridine rings is 1. The van der Waals surface area contributed by atoms with Gasteiger partial charge in [-0.1, -0.05) is 29.8 Å². The SMILES string of the molecule is Cn1cnc2ccc(N3C=C(c4ccc(Cl)cc4)c4nc(NCC(F)(F)F)ccc4C3)cc21. The van der Waals surface area contributed by atoms with Crippen molar-refractivity contribution in [1.82, 2.24) is 14.5 Å². The van der Waals surface area contributed by atoms with E-state index in [9.17, 15) is 13.2 Å². The van der Waals surface area contributed by atoms with Gasteiger partial charge in [-0.2, -0.15) is 13.2 Å². The van der Waals surface area contributed by atoms with E-state index < -0.39 is 12.7 Å². The summed E-state index contributed by atoms with van der Waals surface area (Å²) in [6.45, 7) is -0.613. The normalized spacial score (nSPS) is 13.7. The first-order chi connectivity index (χ1) is 15.8. The molecule has 0 amide bonds. The average Bonchev–Trinajstić information content (AvgIpc) is 3.17. The molecule has 5 nitrogen and oxygen atoms in total. The van der Waals surface area contributed by atoms with Crippen molar-refractivity contribution in [3.05, 3.63) is 89.0 Å². The fraction of sp³-hybridized carbons (Fsp3) is 0.167. The Morgan fingerprint density at radius 2 is 1.85 bits per heavy atom. The first kappa shape index (κ1) is 21.3. The Balaban J connectivity index is 1.58. The third-order valence-corrected chi connectivity index (χ3v) is 5.78. The second kappa shape index (κ2) is 8.12. The molecule has 0 aliphatic carbocycles. The van der Waals surface area contributed by atoms with Crippen LogP contribution in [0.1, 0.15) is 16.8 Å². The van der Waals surface area contributed by atoms with E-state index in [0.29, 0.717) is 17.3 Å². The van der Waals surface area contributed by atoms with Crippen LogP contribution in [0.15, 0.2) is 67.1 Å². The lowest BCUT2D eigenvalue weighted by molar-refractivity contribution is -0.115. The summed E-state index contributed by atoms with van der Waals surface area (Å²) < 4.78 is 40.0. The van der Waals surface area contributed by atoms with Gasteiger partial charge in [-0.25, -0.2) is 9.97 Å². The van der Waals surface area contributed by atoms with Crippen LogP contribution in [0.5, 0.6) is 0 Å². The summed E-state index contributed by atoms with van der Waals surface area (Å²) in [5.74, 6) is 0.177. The van der Waals surface area contributed by atoms with Crippen molar-refractivity contribution >= 4 is 39.7 Å². The zero-order valence-corrected chi connectivity index (χ0v) is 18.3. The summed E-state index contributed by atoms with van der Waals surface area (Å²) in [6, 6.07) is 16.8. The van der Waals surface area contributed by atoms with Gasteiger partial charge in [-0.3, -0.25) is 0 Å². The topological polar surface area (TPSA) is 46.0 Å². The number of hydrogen-bond acceptors (Lipinski definition) is 4. The van der Waals surface area contributed by atoms with Gasteiger partial charge < -0.3 is 14.8 Å². The van der Waals surface area contributed by atoms with Crippen molar-refractivity contribution in [2.75, 3.05) is 16.8 Å². The number of anilines is 2. The summed E-state index contributed by atoms with van der Waals surface area (Å²) in [6.07, 6.45) is -0.578. The maximum atomic E-state index is 12.7. The van der Waals surface area contributed by atoms with Crippen molar-refractivity contribution in [2.45, 2.75) is 12.7 Å². The van der Waals surface area contributed by atoms with Crippen LogP contribution in [-0.2, 0) is 13.6 Å². The fourth-order valence-corrected chi connectivity index (χ4v) is 4.01. The van der Waals surface area contributed by atoms with E-state index in [1.807, 2.05) is 48.1 Å². The summed E-state index contributed by atoms with van der Waals surface area (Å²) in [4.78, 5) is 11.0. The minimum Gasteiger partial charge on any atom is -0.361 e. The molecule has 1 aliphatic rings. The summed E-state index contributed by atoms with van der Waals surface area (Å²) in [7, 11) is 1.94. The van der Waals surface area contributed by atoms with E-state index >= 15 is 0 Å². The Kier molecular flexibility index (Phi) is 5.25. The fourth-order valence-electron chi connectivity index (χ4n) is 3.88. The van der Waals surface area contributed by atoms with E-state index in [0.717, 1.165) is 33.4 Å². The highest BCUT2D eigenvalue weighted by Crippen LogP contribution is 2.35. The number of nitrogens with zero attached hydrogens (tertiary/aromatic N) is 4. The number of hydrogen-bond donors (Lipinski definition) is 1. The molecule has 0 saturated carbocycles. The van der Waals surface area contributed by atoms with Gasteiger partial charge in [0.15, 0.2) is 0 Å². The summed E-state index contributed by atoms with van der Waals surface area (Å²) >= 11 is 6.07. The van der Waals surface area contributed by atoms with Crippen LogP contribution in [0.25, 0.3) is 16.6 Å². The van der Waals surface area contributed by atoms with Crippen LogP contribution in [0, 0.1) is 0 Å². The predicted octanol–water partition coefficient (Wildman–Crippen LogP) is 6.01. The van der Waals surface area contributed by atoms with Gasteiger partial charge >= 0.3 is 6.18 Å². The lowest BCUT2D eigenvalue weighted by Crippen LogP contribution is -2.24. The van der Waals surface area contributed by atoms with E-state index in [4.69, 9.17) is 11.6 Å². The van der Waals surface area contributed by atoms with Crippen molar-refractivity contribution in [3.63, 3.8) is 0 Å². The molecule has 0 atom stereocenters. The van der Waals surface area contributed by atoms with Gasteiger partial charge in [0.2, 0.25) is 0 Å². The van der Waals surface area contributed by atoms with E-state index in [1.165, 1.54) is 0 Å². The smallest absolute Gasteiger partial charge is 0.361 e. The number of nitrogens with one attached hydrogen (secondary N) is 1. The summed E-state index contributed by atoms with van der Waals surface area (Å²) in [5, 5.41) is 2.97. The van der Waals surface area contributed by atoms with Crippen LogP contribution >= 0.6 is 11.6 Å². The first-order valence-corrected chi connectivity index (χ1v) is 10.6. The molecule has 3 heterocycles. The quantitative estimate of drug-likeness (QED) is 0.398. The lowest BCUT2D eigenvalue weighted by atomic mass is 9.96. The van der Waals surface area contributed by atoms with Crippen LogP contribution in [0.3, 0.4) is 0 Å². The van der Waals surface area contributed by atoms with E-state index in [1.54, 1.807) is 24.5 Å². The van der Waals surface area contributed by atoms with Crippen molar-refractivity contribution in [1.29, 1.82) is 0 Å². The predicted molar refractivity (Wildman–Crippen MR) is 124 cm³/mol. The molecular formula is C24H19ClF3N5. The Bertz CT molecular complexity index is 1360. The number of aryl methyl sites for hydroxylation is 1. The maximum absolute atomic E-state index is 12.7. The third kappa shape index (κ3) is 4.39. The molecule has 9 heteroatoms. The average molecular weight is 470 g/mol. The van der Waals surface area contributed by atoms with Crippen LogP contribution in [0.4, 0.5) is 24.7 Å². The highest BCUT2D eigenvalue weighted by atomic mass is 35.5. The van der Waals surface area contributed by atoms with Crippen LogP contribution < -0.4 is 10.2 Å². The zero-order chi connectivity index (χ0) is 23.2. The Labute approximate surface area is 193 Å². The van der Waals surface area contributed by atoms with Crippen molar-refractivity contribution in [3.8, 4) is 0 Å². The molecule has 1 aliphatic heterocycles. The van der Waals surface area contributed by atoms with Gasteiger partial charge in [0.1, 0.15) is 12.4 Å². The highest BCUT2D eigenvalue weighted by molar-refractivity contribution is 6.30. The van der Waals surface area contributed by atoms with Gasteiger partial charge in [0.25, 0.3) is 0 Å². The minimum atomic E-state index is -4.33. The van der Waals surface area contributed by atoms with Gasteiger partial charge in [-0.15, -0.1) is 0 Å². The number of alkyl halides is 3. The zero-order valence-electron chi connectivity index (χ0n) is 17.6. The molecule has 0 spiro atoms. The van der Waals surface area contributed by atoms with Crippen molar-refractivity contribution < 1.29 is 13.2 Å². The number of halogens is 4. The molecule has 2 aromatic heterocycles. The second-order valence-corrected chi connectivity index (χ2v) is 8.32. The molecule has 33 heavy (non-hydrogen) atoms. The minimum absolute atomic E-state index is 0.177. The molecule has 1 N–H and O–H groups in total. The summed E-state index contributed by atoms with van der Waals surface area (Å²) in [5.41, 5.74) is 6.10. The number of benzene rings is 2. The van der Waals surface area contributed by atoms with Crippen molar-refractivity contribution in [2.24, 2.45) is 7.05 Å². The monoisotopic (exact) mass is 469 g/mol. The number of imidazole rings is 1. The number of aromatic nitrogens is 3. The van der Waals surface area contributed by atoms with E-state index in [2.05, 4.69) is 26.3 Å². The molecule has 2 aromatic carbocycles.